The van der Waals surface area contributed by atoms with E-state index in [1.54, 1.807) is 0 Å². The van der Waals surface area contributed by atoms with Gasteiger partial charge in [0, 0.05) is 13.0 Å². The predicted molar refractivity (Wildman–Crippen MR) is 68.6 cm³/mol. The van der Waals surface area contributed by atoms with Crippen LogP contribution in [0, 0.1) is 5.92 Å². The quantitative estimate of drug-likeness (QED) is 0.417. The highest BCUT2D eigenvalue weighted by Gasteiger charge is 2.17. The van der Waals surface area contributed by atoms with Gasteiger partial charge in [-0.3, -0.25) is 0 Å². The Hall–Kier alpha value is -0.370. The van der Waals surface area contributed by atoms with Gasteiger partial charge in [-0.1, -0.05) is 33.1 Å². The highest BCUT2D eigenvalue weighted by molar-refractivity contribution is 5.48. The Kier molecular flexibility index (Phi) is 8.54. The zero-order valence-electron chi connectivity index (χ0n) is 11.4. The number of carbonyl (C=O) groups excluding carboxylic acids is 1. The van der Waals surface area contributed by atoms with Crippen molar-refractivity contribution in [2.75, 3.05) is 6.61 Å². The minimum atomic E-state index is -0.0314. The van der Waals surface area contributed by atoms with Gasteiger partial charge in [-0.05, 0) is 32.6 Å². The Bertz CT molecular complexity index is 176. The zero-order chi connectivity index (χ0) is 12.4. The summed E-state index contributed by atoms with van der Waals surface area (Å²) in [7, 11) is 0. The van der Waals surface area contributed by atoms with E-state index in [9.17, 15) is 4.79 Å². The van der Waals surface area contributed by atoms with Crippen molar-refractivity contribution in [3.63, 3.8) is 0 Å². The lowest BCUT2D eigenvalue weighted by Crippen LogP contribution is -2.25. The average molecular weight is 228 g/mol. The largest absolute Gasteiger partial charge is 0.376 e. The van der Waals surface area contributed by atoms with E-state index in [1.165, 1.54) is 19.3 Å². The summed E-state index contributed by atoms with van der Waals surface area (Å²) in [6, 6.07) is 0. The number of hydrogen-bond acceptors (Lipinski definition) is 2. The number of carbonyl (C=O) groups is 1. The smallest absolute Gasteiger partial charge is 0.120 e. The maximum atomic E-state index is 10.2. The normalized spacial score (nSPS) is 13.8. The van der Waals surface area contributed by atoms with Crippen LogP contribution in [0.15, 0.2) is 0 Å². The fourth-order valence-corrected chi connectivity index (χ4v) is 1.67. The SMILES string of the molecule is CCC(C)CCCC(C)(C)OCCCC=O. The van der Waals surface area contributed by atoms with Gasteiger partial charge < -0.3 is 9.53 Å². The first-order valence-electron chi connectivity index (χ1n) is 6.59. The fraction of sp³-hybridized carbons (Fsp3) is 0.929. The highest BCUT2D eigenvalue weighted by atomic mass is 16.5. The summed E-state index contributed by atoms with van der Waals surface area (Å²) in [5.74, 6) is 0.825. The molecule has 0 heterocycles. The molecule has 0 bridgehead atoms. The molecule has 0 aliphatic heterocycles. The van der Waals surface area contributed by atoms with E-state index in [0.717, 1.165) is 25.0 Å². The van der Waals surface area contributed by atoms with Gasteiger partial charge in [0.15, 0.2) is 0 Å². The van der Waals surface area contributed by atoms with Gasteiger partial charge in [0.05, 0.1) is 5.60 Å². The van der Waals surface area contributed by atoms with Gasteiger partial charge in [0.25, 0.3) is 0 Å². The maximum Gasteiger partial charge on any atom is 0.120 e. The third-order valence-corrected chi connectivity index (χ3v) is 3.13. The van der Waals surface area contributed by atoms with Gasteiger partial charge >= 0.3 is 0 Å². The lowest BCUT2D eigenvalue weighted by Gasteiger charge is -2.25. The number of hydrogen-bond donors (Lipinski definition) is 0. The van der Waals surface area contributed by atoms with Gasteiger partial charge in [-0.25, -0.2) is 0 Å². The molecule has 2 nitrogen and oxygen atoms in total. The van der Waals surface area contributed by atoms with Crippen molar-refractivity contribution in [1.29, 1.82) is 0 Å². The van der Waals surface area contributed by atoms with E-state index in [-0.39, 0.29) is 5.60 Å². The van der Waals surface area contributed by atoms with Crippen LogP contribution >= 0.6 is 0 Å². The van der Waals surface area contributed by atoms with Gasteiger partial charge in [0.1, 0.15) is 6.29 Å². The monoisotopic (exact) mass is 228 g/mol. The molecule has 96 valence electrons. The Morgan fingerprint density at radius 1 is 1.31 bits per heavy atom. The molecular weight excluding hydrogens is 200 g/mol. The molecule has 0 saturated carbocycles. The third-order valence-electron chi connectivity index (χ3n) is 3.13. The summed E-state index contributed by atoms with van der Waals surface area (Å²) in [4.78, 5) is 10.2. The second-order valence-corrected chi connectivity index (χ2v) is 5.32. The predicted octanol–water partition coefficient (Wildman–Crippen LogP) is 3.98. The van der Waals surface area contributed by atoms with Crippen LogP contribution in [0.3, 0.4) is 0 Å². The average Bonchev–Trinajstić information content (AvgIpc) is 2.24. The van der Waals surface area contributed by atoms with Crippen molar-refractivity contribution in [3.05, 3.63) is 0 Å². The summed E-state index contributed by atoms with van der Waals surface area (Å²) in [6.45, 7) is 9.54. The molecule has 1 unspecified atom stereocenters. The molecule has 0 rings (SSSR count). The molecule has 2 heteroatoms. The fourth-order valence-electron chi connectivity index (χ4n) is 1.67. The minimum absolute atomic E-state index is 0.0314. The van der Waals surface area contributed by atoms with E-state index in [0.29, 0.717) is 13.0 Å². The minimum Gasteiger partial charge on any atom is -0.376 e. The first-order valence-corrected chi connectivity index (χ1v) is 6.59. The van der Waals surface area contributed by atoms with E-state index in [2.05, 4.69) is 27.7 Å². The summed E-state index contributed by atoms with van der Waals surface area (Å²) in [5.41, 5.74) is -0.0314. The molecule has 0 amide bonds. The van der Waals surface area contributed by atoms with Crippen LogP contribution < -0.4 is 0 Å². The van der Waals surface area contributed by atoms with Crippen LogP contribution in [0.25, 0.3) is 0 Å². The number of ether oxygens (including phenoxy) is 1. The lowest BCUT2D eigenvalue weighted by atomic mass is 9.95. The van der Waals surface area contributed by atoms with Crippen LogP contribution in [0.5, 0.6) is 0 Å². The summed E-state index contributed by atoms with van der Waals surface area (Å²) in [6.07, 6.45) is 7.31. The first-order chi connectivity index (χ1) is 7.52. The van der Waals surface area contributed by atoms with Crippen molar-refractivity contribution >= 4 is 6.29 Å². The highest BCUT2D eigenvalue weighted by Crippen LogP contribution is 2.21. The zero-order valence-corrected chi connectivity index (χ0v) is 11.4. The molecule has 0 aromatic carbocycles. The molecule has 0 spiro atoms. The van der Waals surface area contributed by atoms with Crippen molar-refractivity contribution < 1.29 is 9.53 Å². The van der Waals surface area contributed by atoms with Crippen LogP contribution in [-0.4, -0.2) is 18.5 Å². The van der Waals surface area contributed by atoms with Gasteiger partial charge in [-0.2, -0.15) is 0 Å². The molecule has 0 aliphatic rings. The van der Waals surface area contributed by atoms with Crippen molar-refractivity contribution in [2.45, 2.75) is 71.8 Å². The topological polar surface area (TPSA) is 26.3 Å². The lowest BCUT2D eigenvalue weighted by molar-refractivity contribution is -0.108. The first kappa shape index (κ1) is 15.6. The second kappa shape index (κ2) is 8.74. The summed E-state index contributed by atoms with van der Waals surface area (Å²) >= 11 is 0. The number of rotatable bonds is 10. The number of unbranched alkanes of at least 4 members (excludes halogenated alkanes) is 1. The van der Waals surface area contributed by atoms with E-state index in [4.69, 9.17) is 4.74 Å². The van der Waals surface area contributed by atoms with Gasteiger partial charge in [-0.15, -0.1) is 0 Å². The molecule has 0 aromatic heterocycles. The van der Waals surface area contributed by atoms with Crippen LogP contribution in [0.2, 0.25) is 0 Å². The molecule has 0 fully saturated rings. The van der Waals surface area contributed by atoms with Gasteiger partial charge in [0.2, 0.25) is 0 Å². The van der Waals surface area contributed by atoms with Crippen LogP contribution in [0.4, 0.5) is 0 Å². The Balaban J connectivity index is 3.57. The van der Waals surface area contributed by atoms with E-state index < -0.39 is 0 Å². The third kappa shape index (κ3) is 8.90. The summed E-state index contributed by atoms with van der Waals surface area (Å²) < 4.78 is 5.79. The summed E-state index contributed by atoms with van der Waals surface area (Å²) in [5, 5.41) is 0. The molecule has 0 radical (unpaired) electrons. The number of aldehydes is 1. The van der Waals surface area contributed by atoms with Crippen LogP contribution in [0.1, 0.15) is 66.2 Å². The maximum absolute atomic E-state index is 10.2. The standard InChI is InChI=1S/C14H28O2/c1-5-13(2)9-8-10-14(3,4)16-12-7-6-11-15/h11,13H,5-10,12H2,1-4H3. The van der Waals surface area contributed by atoms with Crippen molar-refractivity contribution in [2.24, 2.45) is 5.92 Å². The Morgan fingerprint density at radius 3 is 2.56 bits per heavy atom. The second-order valence-electron chi connectivity index (χ2n) is 5.32. The molecular formula is C14H28O2. The van der Waals surface area contributed by atoms with Crippen molar-refractivity contribution in [3.8, 4) is 0 Å². The molecule has 0 N–H and O–H groups in total. The van der Waals surface area contributed by atoms with E-state index in [1.807, 2.05) is 0 Å². The Morgan fingerprint density at radius 2 is 2.00 bits per heavy atom. The molecule has 0 saturated heterocycles. The molecule has 0 aliphatic carbocycles. The molecule has 0 aromatic rings. The Labute approximate surface area is 101 Å². The van der Waals surface area contributed by atoms with E-state index >= 15 is 0 Å². The molecule has 1 atom stereocenters. The van der Waals surface area contributed by atoms with Crippen molar-refractivity contribution in [1.82, 2.24) is 0 Å². The molecule has 16 heavy (non-hydrogen) atoms. The van der Waals surface area contributed by atoms with Crippen LogP contribution in [-0.2, 0) is 9.53 Å².